The summed E-state index contributed by atoms with van der Waals surface area (Å²) in [6, 6.07) is 8.78. The van der Waals surface area contributed by atoms with E-state index in [1.54, 1.807) is 25.3 Å². The molecule has 0 atom stereocenters. The van der Waals surface area contributed by atoms with E-state index < -0.39 is 17.4 Å². The molecule has 0 aliphatic carbocycles. The number of aromatic amines is 1. The third-order valence-electron chi connectivity index (χ3n) is 3.17. The molecule has 2 aromatic rings. The zero-order valence-electron chi connectivity index (χ0n) is 12.5. The Bertz CT molecular complexity index is 689. The Hall–Kier alpha value is -2.83. The number of carbonyl (C=O) groups is 2. The standard InChI is InChI=1S/C15H17N3O4/c1-15(2,14(20)21)16-13(19)12-8-11(17-18-12)9-4-6-10(22-3)7-5-9/h4-8H,1-3H3,(H,16,19)(H,17,18)(H,20,21). The van der Waals surface area contributed by atoms with E-state index in [-0.39, 0.29) is 5.69 Å². The molecule has 0 unspecified atom stereocenters. The average molecular weight is 303 g/mol. The number of benzene rings is 1. The van der Waals surface area contributed by atoms with E-state index >= 15 is 0 Å². The minimum atomic E-state index is -1.36. The van der Waals surface area contributed by atoms with Crippen molar-refractivity contribution in [1.82, 2.24) is 15.5 Å². The lowest BCUT2D eigenvalue weighted by Crippen LogP contribution is -2.49. The molecule has 0 radical (unpaired) electrons. The van der Waals surface area contributed by atoms with Crippen LogP contribution in [0.4, 0.5) is 0 Å². The van der Waals surface area contributed by atoms with Crippen molar-refractivity contribution < 1.29 is 19.4 Å². The predicted molar refractivity (Wildman–Crippen MR) is 79.8 cm³/mol. The van der Waals surface area contributed by atoms with Crippen molar-refractivity contribution >= 4 is 11.9 Å². The quantitative estimate of drug-likeness (QED) is 0.779. The number of carbonyl (C=O) groups excluding carboxylic acids is 1. The van der Waals surface area contributed by atoms with E-state index in [4.69, 9.17) is 9.84 Å². The van der Waals surface area contributed by atoms with Crippen LogP contribution in [0, 0.1) is 0 Å². The van der Waals surface area contributed by atoms with Crippen LogP contribution in [0.2, 0.25) is 0 Å². The highest BCUT2D eigenvalue weighted by molar-refractivity contribution is 5.96. The molecule has 1 heterocycles. The number of methoxy groups -OCH3 is 1. The normalized spacial score (nSPS) is 11.0. The summed E-state index contributed by atoms with van der Waals surface area (Å²) in [6.07, 6.45) is 0. The zero-order valence-corrected chi connectivity index (χ0v) is 12.5. The van der Waals surface area contributed by atoms with Gasteiger partial charge in [0.15, 0.2) is 0 Å². The first-order valence-corrected chi connectivity index (χ1v) is 6.59. The number of carboxylic acids is 1. The van der Waals surface area contributed by atoms with Crippen LogP contribution in [-0.4, -0.2) is 39.8 Å². The molecule has 0 saturated heterocycles. The van der Waals surface area contributed by atoms with E-state index in [1.807, 2.05) is 12.1 Å². The molecule has 116 valence electrons. The molecule has 0 aliphatic rings. The number of hydrogen-bond acceptors (Lipinski definition) is 4. The highest BCUT2D eigenvalue weighted by Crippen LogP contribution is 2.21. The number of nitrogens with one attached hydrogen (secondary N) is 2. The summed E-state index contributed by atoms with van der Waals surface area (Å²) in [5, 5.41) is 18.1. The first kappa shape index (κ1) is 15.6. The summed E-state index contributed by atoms with van der Waals surface area (Å²) >= 11 is 0. The lowest BCUT2D eigenvalue weighted by atomic mass is 10.1. The number of carboxylic acid groups (broad SMARTS) is 1. The zero-order chi connectivity index (χ0) is 16.3. The molecule has 1 aromatic heterocycles. The Morgan fingerprint density at radius 3 is 2.45 bits per heavy atom. The SMILES string of the molecule is COc1ccc(-c2cc(C(=O)NC(C)(C)C(=O)O)[nH]n2)cc1. The van der Waals surface area contributed by atoms with Crippen molar-refractivity contribution in [2.75, 3.05) is 7.11 Å². The van der Waals surface area contributed by atoms with Gasteiger partial charge in [-0.2, -0.15) is 5.10 Å². The van der Waals surface area contributed by atoms with Gasteiger partial charge in [0.25, 0.3) is 5.91 Å². The van der Waals surface area contributed by atoms with Crippen molar-refractivity contribution in [1.29, 1.82) is 0 Å². The van der Waals surface area contributed by atoms with Gasteiger partial charge in [0, 0.05) is 5.56 Å². The summed E-state index contributed by atoms with van der Waals surface area (Å²) in [6.45, 7) is 2.82. The number of hydrogen-bond donors (Lipinski definition) is 3. The summed E-state index contributed by atoms with van der Waals surface area (Å²) in [5.74, 6) is -0.920. The Morgan fingerprint density at radius 2 is 1.91 bits per heavy atom. The van der Waals surface area contributed by atoms with Crippen LogP contribution in [-0.2, 0) is 4.79 Å². The highest BCUT2D eigenvalue weighted by Gasteiger charge is 2.29. The number of aliphatic carboxylic acids is 1. The Morgan fingerprint density at radius 1 is 1.27 bits per heavy atom. The maximum absolute atomic E-state index is 12.0. The molecule has 22 heavy (non-hydrogen) atoms. The predicted octanol–water partition coefficient (Wildman–Crippen LogP) is 1.68. The molecule has 7 nitrogen and oxygen atoms in total. The number of ether oxygens (including phenoxy) is 1. The van der Waals surface area contributed by atoms with Crippen LogP contribution in [0.5, 0.6) is 5.75 Å². The average Bonchev–Trinajstić information content (AvgIpc) is 2.96. The Labute approximate surface area is 127 Å². The molecule has 0 fully saturated rings. The molecule has 0 spiro atoms. The fourth-order valence-corrected chi connectivity index (χ4v) is 1.75. The van der Waals surface area contributed by atoms with Gasteiger partial charge in [-0.15, -0.1) is 0 Å². The van der Waals surface area contributed by atoms with Crippen molar-refractivity contribution in [3.05, 3.63) is 36.0 Å². The maximum Gasteiger partial charge on any atom is 0.328 e. The smallest absolute Gasteiger partial charge is 0.328 e. The van der Waals surface area contributed by atoms with Crippen LogP contribution in [0.1, 0.15) is 24.3 Å². The van der Waals surface area contributed by atoms with Crippen LogP contribution >= 0.6 is 0 Å². The topological polar surface area (TPSA) is 104 Å². The molecule has 7 heteroatoms. The monoisotopic (exact) mass is 303 g/mol. The third kappa shape index (κ3) is 3.25. The van der Waals surface area contributed by atoms with E-state index in [9.17, 15) is 9.59 Å². The number of H-pyrrole nitrogens is 1. The molecular formula is C15H17N3O4. The second-order valence-electron chi connectivity index (χ2n) is 5.28. The number of nitrogens with zero attached hydrogens (tertiary/aromatic N) is 1. The highest BCUT2D eigenvalue weighted by atomic mass is 16.5. The lowest BCUT2D eigenvalue weighted by Gasteiger charge is -2.20. The van der Waals surface area contributed by atoms with E-state index in [0.29, 0.717) is 5.69 Å². The summed E-state index contributed by atoms with van der Waals surface area (Å²) < 4.78 is 5.08. The van der Waals surface area contributed by atoms with Gasteiger partial charge in [-0.05, 0) is 44.2 Å². The van der Waals surface area contributed by atoms with Gasteiger partial charge in [-0.3, -0.25) is 9.89 Å². The van der Waals surface area contributed by atoms with Crippen molar-refractivity contribution in [2.45, 2.75) is 19.4 Å². The number of rotatable bonds is 5. The second-order valence-corrected chi connectivity index (χ2v) is 5.28. The molecular weight excluding hydrogens is 286 g/mol. The molecule has 1 aromatic carbocycles. The van der Waals surface area contributed by atoms with E-state index in [0.717, 1.165) is 11.3 Å². The summed E-state index contributed by atoms with van der Waals surface area (Å²) in [4.78, 5) is 23.1. The molecule has 0 bridgehead atoms. The number of aromatic nitrogens is 2. The molecule has 0 aliphatic heterocycles. The van der Waals surface area contributed by atoms with Crippen molar-refractivity contribution in [2.24, 2.45) is 0 Å². The summed E-state index contributed by atoms with van der Waals surface area (Å²) in [5.41, 5.74) is 0.234. The minimum Gasteiger partial charge on any atom is -0.497 e. The molecule has 0 saturated carbocycles. The number of amides is 1. The second kappa shape index (κ2) is 5.88. The van der Waals surface area contributed by atoms with Crippen LogP contribution in [0.15, 0.2) is 30.3 Å². The van der Waals surface area contributed by atoms with E-state index in [1.165, 1.54) is 13.8 Å². The Balaban J connectivity index is 2.17. The van der Waals surface area contributed by atoms with Crippen molar-refractivity contribution in [3.8, 4) is 17.0 Å². The van der Waals surface area contributed by atoms with Gasteiger partial charge >= 0.3 is 5.97 Å². The minimum absolute atomic E-state index is 0.195. The van der Waals surface area contributed by atoms with Gasteiger partial charge in [-0.1, -0.05) is 0 Å². The van der Waals surface area contributed by atoms with Gasteiger partial charge in [0.2, 0.25) is 0 Å². The van der Waals surface area contributed by atoms with Crippen LogP contribution in [0.25, 0.3) is 11.3 Å². The van der Waals surface area contributed by atoms with Gasteiger partial charge in [0.1, 0.15) is 17.0 Å². The first-order valence-electron chi connectivity index (χ1n) is 6.59. The largest absolute Gasteiger partial charge is 0.497 e. The molecule has 3 N–H and O–H groups in total. The molecule has 2 rings (SSSR count). The lowest BCUT2D eigenvalue weighted by molar-refractivity contribution is -0.143. The fraction of sp³-hybridized carbons (Fsp3) is 0.267. The first-order chi connectivity index (χ1) is 10.3. The van der Waals surface area contributed by atoms with Gasteiger partial charge in [-0.25, -0.2) is 4.79 Å². The van der Waals surface area contributed by atoms with Crippen molar-refractivity contribution in [3.63, 3.8) is 0 Å². The Kier molecular flexibility index (Phi) is 4.16. The fourth-order valence-electron chi connectivity index (χ4n) is 1.75. The third-order valence-corrected chi connectivity index (χ3v) is 3.17. The van der Waals surface area contributed by atoms with E-state index in [2.05, 4.69) is 15.5 Å². The van der Waals surface area contributed by atoms with Gasteiger partial charge < -0.3 is 15.2 Å². The molecule has 1 amide bonds. The van der Waals surface area contributed by atoms with Gasteiger partial charge in [0.05, 0.1) is 12.8 Å². The summed E-state index contributed by atoms with van der Waals surface area (Å²) in [7, 11) is 1.58. The maximum atomic E-state index is 12.0. The van der Waals surface area contributed by atoms with Crippen LogP contribution < -0.4 is 10.1 Å². The van der Waals surface area contributed by atoms with Crippen LogP contribution in [0.3, 0.4) is 0 Å².